The SMILES string of the molecule is CCOc1ccc(NC(=O)CNC(=O)CCNS(=O)(=O)c2ccc(Br)cc2)cc1. The van der Waals surface area contributed by atoms with Crippen LogP contribution in [0.1, 0.15) is 13.3 Å². The van der Waals surface area contributed by atoms with Crippen molar-refractivity contribution in [3.63, 3.8) is 0 Å². The molecule has 0 spiro atoms. The molecule has 0 fully saturated rings. The molecule has 8 nitrogen and oxygen atoms in total. The molecule has 0 saturated carbocycles. The Labute approximate surface area is 178 Å². The van der Waals surface area contributed by atoms with Crippen LogP contribution in [0, 0.1) is 0 Å². The van der Waals surface area contributed by atoms with E-state index >= 15 is 0 Å². The maximum absolute atomic E-state index is 12.1. The molecule has 29 heavy (non-hydrogen) atoms. The molecule has 0 bridgehead atoms. The van der Waals surface area contributed by atoms with Crippen LogP contribution in [-0.4, -0.2) is 39.9 Å². The van der Waals surface area contributed by atoms with Crippen LogP contribution in [0.3, 0.4) is 0 Å². The van der Waals surface area contributed by atoms with E-state index in [1.54, 1.807) is 36.4 Å². The van der Waals surface area contributed by atoms with Crippen molar-refractivity contribution in [2.75, 3.05) is 25.0 Å². The van der Waals surface area contributed by atoms with Crippen molar-refractivity contribution < 1.29 is 22.7 Å². The van der Waals surface area contributed by atoms with Crippen molar-refractivity contribution in [1.82, 2.24) is 10.0 Å². The predicted octanol–water partition coefficient (Wildman–Crippen LogP) is 2.27. The molecule has 0 aliphatic carbocycles. The zero-order valence-corrected chi connectivity index (χ0v) is 18.2. The summed E-state index contributed by atoms with van der Waals surface area (Å²) < 4.78 is 32.7. The summed E-state index contributed by atoms with van der Waals surface area (Å²) in [7, 11) is -3.69. The van der Waals surface area contributed by atoms with Gasteiger partial charge in [-0.05, 0) is 55.5 Å². The minimum atomic E-state index is -3.69. The normalized spacial score (nSPS) is 11.0. The van der Waals surface area contributed by atoms with Gasteiger partial charge in [0, 0.05) is 23.1 Å². The van der Waals surface area contributed by atoms with Gasteiger partial charge in [0.15, 0.2) is 0 Å². The van der Waals surface area contributed by atoms with Gasteiger partial charge >= 0.3 is 0 Å². The van der Waals surface area contributed by atoms with Gasteiger partial charge in [-0.25, -0.2) is 13.1 Å². The Bertz CT molecular complexity index is 931. The summed E-state index contributed by atoms with van der Waals surface area (Å²) in [6.45, 7) is 2.14. The first-order valence-corrected chi connectivity index (χ1v) is 11.1. The fourth-order valence-corrected chi connectivity index (χ4v) is 3.57. The minimum absolute atomic E-state index is 0.0786. The second-order valence-electron chi connectivity index (χ2n) is 5.88. The Kier molecular flexibility index (Phi) is 8.62. The van der Waals surface area contributed by atoms with Crippen molar-refractivity contribution in [3.8, 4) is 5.75 Å². The number of halogens is 1. The van der Waals surface area contributed by atoms with E-state index in [9.17, 15) is 18.0 Å². The molecular weight excluding hydrogens is 462 g/mol. The lowest BCUT2D eigenvalue weighted by Crippen LogP contribution is -2.35. The monoisotopic (exact) mass is 483 g/mol. The first-order valence-electron chi connectivity index (χ1n) is 8.85. The van der Waals surface area contributed by atoms with E-state index in [-0.39, 0.29) is 24.4 Å². The van der Waals surface area contributed by atoms with Crippen molar-refractivity contribution in [1.29, 1.82) is 0 Å². The van der Waals surface area contributed by atoms with Gasteiger partial charge in [-0.15, -0.1) is 0 Å². The lowest BCUT2D eigenvalue weighted by atomic mass is 10.3. The lowest BCUT2D eigenvalue weighted by Gasteiger charge is -2.09. The van der Waals surface area contributed by atoms with Crippen LogP contribution in [-0.2, 0) is 19.6 Å². The third-order valence-electron chi connectivity index (χ3n) is 3.66. The van der Waals surface area contributed by atoms with Gasteiger partial charge < -0.3 is 15.4 Å². The highest BCUT2D eigenvalue weighted by atomic mass is 79.9. The van der Waals surface area contributed by atoms with Crippen LogP contribution in [0.5, 0.6) is 5.75 Å². The number of sulfonamides is 1. The molecule has 2 rings (SSSR count). The number of carbonyl (C=O) groups excluding carboxylic acids is 2. The Hall–Kier alpha value is -2.43. The lowest BCUT2D eigenvalue weighted by molar-refractivity contribution is -0.124. The van der Waals surface area contributed by atoms with E-state index < -0.39 is 21.8 Å². The molecule has 0 heterocycles. The van der Waals surface area contributed by atoms with E-state index in [1.165, 1.54) is 12.1 Å². The Morgan fingerprint density at radius 2 is 1.66 bits per heavy atom. The molecule has 10 heteroatoms. The molecule has 2 amide bonds. The molecule has 0 aromatic heterocycles. The van der Waals surface area contributed by atoms with Crippen molar-refractivity contribution in [2.24, 2.45) is 0 Å². The van der Waals surface area contributed by atoms with Gasteiger partial charge in [-0.1, -0.05) is 15.9 Å². The molecule has 156 valence electrons. The number of hydrogen-bond donors (Lipinski definition) is 3. The van der Waals surface area contributed by atoms with Crippen LogP contribution >= 0.6 is 15.9 Å². The van der Waals surface area contributed by atoms with Crippen LogP contribution in [0.25, 0.3) is 0 Å². The Morgan fingerprint density at radius 1 is 1.00 bits per heavy atom. The standard InChI is InChI=1S/C19H22BrN3O5S/c1-2-28-16-7-5-15(6-8-16)23-19(25)13-21-18(24)11-12-22-29(26,27)17-9-3-14(20)4-10-17/h3-10,22H,2,11-13H2,1H3,(H,21,24)(H,23,25). The minimum Gasteiger partial charge on any atom is -0.494 e. The van der Waals surface area contributed by atoms with E-state index in [4.69, 9.17) is 4.74 Å². The van der Waals surface area contributed by atoms with Gasteiger partial charge in [0.2, 0.25) is 21.8 Å². The fourth-order valence-electron chi connectivity index (χ4n) is 2.27. The fraction of sp³-hybridized carbons (Fsp3) is 0.263. The number of carbonyl (C=O) groups is 2. The molecule has 0 radical (unpaired) electrons. The third-order valence-corrected chi connectivity index (χ3v) is 5.67. The Balaban J connectivity index is 1.71. The van der Waals surface area contributed by atoms with Gasteiger partial charge in [0.25, 0.3) is 0 Å². The zero-order valence-electron chi connectivity index (χ0n) is 15.8. The second kappa shape index (κ2) is 10.9. The van der Waals surface area contributed by atoms with Crippen molar-refractivity contribution in [3.05, 3.63) is 53.0 Å². The van der Waals surface area contributed by atoms with Crippen molar-refractivity contribution >= 4 is 43.5 Å². The highest BCUT2D eigenvalue weighted by Gasteiger charge is 2.14. The van der Waals surface area contributed by atoms with Crippen LogP contribution in [0.15, 0.2) is 57.9 Å². The smallest absolute Gasteiger partial charge is 0.243 e. The molecule has 2 aromatic rings. The first-order chi connectivity index (χ1) is 13.8. The van der Waals surface area contributed by atoms with E-state index in [0.717, 1.165) is 4.47 Å². The third kappa shape index (κ3) is 7.84. The zero-order chi connectivity index (χ0) is 21.3. The number of amides is 2. The summed E-state index contributed by atoms with van der Waals surface area (Å²) in [5.41, 5.74) is 0.579. The molecule has 0 atom stereocenters. The summed E-state index contributed by atoms with van der Waals surface area (Å²) >= 11 is 3.24. The van der Waals surface area contributed by atoms with E-state index in [1.807, 2.05) is 6.92 Å². The van der Waals surface area contributed by atoms with Crippen LogP contribution < -0.4 is 20.1 Å². The quantitative estimate of drug-likeness (QED) is 0.479. The van der Waals surface area contributed by atoms with Crippen LogP contribution in [0.4, 0.5) is 5.69 Å². The number of nitrogens with one attached hydrogen (secondary N) is 3. The molecule has 0 aliphatic heterocycles. The van der Waals surface area contributed by atoms with E-state index in [0.29, 0.717) is 18.0 Å². The van der Waals surface area contributed by atoms with Gasteiger partial charge in [-0.3, -0.25) is 9.59 Å². The maximum Gasteiger partial charge on any atom is 0.243 e. The summed E-state index contributed by atoms with van der Waals surface area (Å²) in [5.74, 6) is -0.132. The number of anilines is 1. The highest BCUT2D eigenvalue weighted by molar-refractivity contribution is 9.10. The predicted molar refractivity (Wildman–Crippen MR) is 113 cm³/mol. The largest absolute Gasteiger partial charge is 0.494 e. The van der Waals surface area contributed by atoms with E-state index in [2.05, 4.69) is 31.3 Å². The molecule has 0 unspecified atom stereocenters. The molecule has 3 N–H and O–H groups in total. The van der Waals surface area contributed by atoms with Crippen LogP contribution in [0.2, 0.25) is 0 Å². The van der Waals surface area contributed by atoms with Gasteiger partial charge in [0.1, 0.15) is 5.75 Å². The number of benzene rings is 2. The number of rotatable bonds is 10. The summed E-state index contributed by atoms with van der Waals surface area (Å²) in [6.07, 6.45) is -0.0912. The topological polar surface area (TPSA) is 114 Å². The number of ether oxygens (including phenoxy) is 1. The Morgan fingerprint density at radius 3 is 2.28 bits per heavy atom. The van der Waals surface area contributed by atoms with Gasteiger partial charge in [-0.2, -0.15) is 0 Å². The molecular formula is C19H22BrN3O5S. The summed E-state index contributed by atoms with van der Waals surface area (Å²) in [4.78, 5) is 23.8. The average molecular weight is 484 g/mol. The highest BCUT2D eigenvalue weighted by Crippen LogP contribution is 2.15. The summed E-state index contributed by atoms with van der Waals surface area (Å²) in [5, 5.41) is 5.10. The second-order valence-corrected chi connectivity index (χ2v) is 8.57. The molecule has 0 saturated heterocycles. The van der Waals surface area contributed by atoms with Crippen molar-refractivity contribution in [2.45, 2.75) is 18.2 Å². The number of hydrogen-bond acceptors (Lipinski definition) is 5. The van der Waals surface area contributed by atoms with Gasteiger partial charge in [0.05, 0.1) is 18.0 Å². The maximum atomic E-state index is 12.1. The molecule has 2 aromatic carbocycles. The first kappa shape index (κ1) is 22.9. The molecule has 0 aliphatic rings. The average Bonchev–Trinajstić information content (AvgIpc) is 2.68. The summed E-state index contributed by atoms with van der Waals surface area (Å²) in [6, 6.07) is 13.0.